The maximum absolute atomic E-state index is 16.4. The lowest BCUT2D eigenvalue weighted by atomic mass is 9.62. The number of hydrogen-bond acceptors (Lipinski definition) is 5. The normalized spacial score (nSPS) is 17.4. The van der Waals surface area contributed by atoms with Gasteiger partial charge in [0.05, 0.1) is 17.5 Å². The molecule has 2 unspecified atom stereocenters. The minimum Gasteiger partial charge on any atom is -0.462 e. The zero-order chi connectivity index (χ0) is 34.6. The van der Waals surface area contributed by atoms with E-state index >= 15 is 4.39 Å². The largest absolute Gasteiger partial charge is 0.462 e. The molecule has 2 aliphatic rings. The minimum atomic E-state index is -0.671. The van der Waals surface area contributed by atoms with Crippen LogP contribution in [0, 0.1) is 12.7 Å². The molecule has 0 radical (unpaired) electrons. The van der Waals surface area contributed by atoms with Crippen molar-refractivity contribution in [2.45, 2.75) is 63.5 Å². The van der Waals surface area contributed by atoms with Crippen molar-refractivity contribution in [1.29, 1.82) is 0 Å². The number of aromatic nitrogens is 1. The molecule has 7 heteroatoms. The van der Waals surface area contributed by atoms with Crippen LogP contribution in [0.5, 0.6) is 0 Å². The smallest absolute Gasteiger partial charge is 0.343 e. The van der Waals surface area contributed by atoms with Crippen LogP contribution in [-0.4, -0.2) is 23.0 Å². The Hall–Kier alpha value is -4.85. The van der Waals surface area contributed by atoms with Gasteiger partial charge < -0.3 is 10.1 Å². The summed E-state index contributed by atoms with van der Waals surface area (Å²) in [7, 11) is 0. The van der Waals surface area contributed by atoms with Crippen LogP contribution >= 0.6 is 11.3 Å². The lowest BCUT2D eigenvalue weighted by molar-refractivity contribution is 0.0524. The maximum atomic E-state index is 16.4. The Balaban J connectivity index is 1.28. The number of carbonyl (C=O) groups is 1. The van der Waals surface area contributed by atoms with Crippen molar-refractivity contribution in [3.05, 3.63) is 169 Å². The molecule has 3 aromatic carbocycles. The molecule has 5 nitrogen and oxygen atoms in total. The number of rotatable bonds is 8. The topological polar surface area (TPSA) is 59.8 Å². The van der Waals surface area contributed by atoms with Gasteiger partial charge in [-0.05, 0) is 91.5 Å². The Labute approximate surface area is 295 Å². The predicted molar refractivity (Wildman–Crippen MR) is 198 cm³/mol. The van der Waals surface area contributed by atoms with Crippen LogP contribution in [0.15, 0.2) is 114 Å². The van der Waals surface area contributed by atoms with Crippen LogP contribution < -0.4 is 10.9 Å². The number of thiophene rings is 1. The van der Waals surface area contributed by atoms with Crippen molar-refractivity contribution >= 4 is 22.8 Å². The van der Waals surface area contributed by atoms with Gasteiger partial charge in [-0.3, -0.25) is 9.20 Å². The number of hydrogen-bond donors (Lipinski definition) is 1. The Morgan fingerprint density at radius 2 is 1.52 bits per heavy atom. The van der Waals surface area contributed by atoms with E-state index in [4.69, 9.17) is 4.74 Å². The summed E-state index contributed by atoms with van der Waals surface area (Å²) >= 11 is 1.62. The predicted octanol–water partition coefficient (Wildman–Crippen LogP) is 9.14. The Morgan fingerprint density at radius 1 is 0.940 bits per heavy atom. The quantitative estimate of drug-likeness (QED) is 0.129. The first-order valence-electron chi connectivity index (χ1n) is 17.4. The average Bonchev–Trinajstić information content (AvgIpc) is 3.89. The summed E-state index contributed by atoms with van der Waals surface area (Å²) < 4.78 is 22.9. The van der Waals surface area contributed by atoms with Gasteiger partial charge in [0.25, 0.3) is 5.56 Å². The van der Waals surface area contributed by atoms with Crippen LogP contribution in [0.3, 0.4) is 0 Å². The molecule has 1 aliphatic heterocycles. The number of carbonyl (C=O) groups excluding carboxylic acids is 1. The van der Waals surface area contributed by atoms with Crippen molar-refractivity contribution in [1.82, 2.24) is 9.72 Å². The van der Waals surface area contributed by atoms with Crippen LogP contribution in [0.25, 0.3) is 16.0 Å². The van der Waals surface area contributed by atoms with E-state index in [9.17, 15) is 9.59 Å². The van der Waals surface area contributed by atoms with Gasteiger partial charge in [0.15, 0.2) is 0 Å². The van der Waals surface area contributed by atoms with E-state index in [0.29, 0.717) is 16.6 Å². The second kappa shape index (κ2) is 12.8. The first kappa shape index (κ1) is 32.4. The fourth-order valence-electron chi connectivity index (χ4n) is 8.25. The third kappa shape index (κ3) is 5.22. The highest BCUT2D eigenvalue weighted by atomic mass is 32.1. The van der Waals surface area contributed by atoms with Crippen molar-refractivity contribution in [2.75, 3.05) is 6.61 Å². The molecule has 1 fully saturated rings. The highest BCUT2D eigenvalue weighted by Crippen LogP contribution is 2.49. The first-order valence-corrected chi connectivity index (χ1v) is 18.3. The summed E-state index contributed by atoms with van der Waals surface area (Å²) in [6, 6.07) is 36.0. The summed E-state index contributed by atoms with van der Waals surface area (Å²) in [5.41, 5.74) is 6.53. The standard InChI is InChI=1S/C43H39FN2O3S/c1-4-49-42(48)34-24-33(28-20-21-28)39-26(2)38(35(44)25-46(39)41(34)47)36-22-29-23-37(45-27(3)40(29)50-36)43(30-14-8-5-9-15-30,31-16-10-6-11-17-31)32-18-12-7-13-19-32/h5-19,22,24-25,27-28,37,45H,4,20-21,23H2,1-3H3. The summed E-state index contributed by atoms with van der Waals surface area (Å²) in [6.45, 7) is 5.96. The Bertz CT molecular complexity index is 2180. The van der Waals surface area contributed by atoms with E-state index in [1.165, 1.54) is 37.7 Å². The molecule has 1 saturated carbocycles. The fraction of sp³-hybridized carbons (Fsp3) is 0.256. The van der Waals surface area contributed by atoms with Gasteiger partial charge in [0.2, 0.25) is 0 Å². The van der Waals surface area contributed by atoms with Gasteiger partial charge in [-0.15, -0.1) is 11.3 Å². The highest BCUT2D eigenvalue weighted by molar-refractivity contribution is 7.15. The molecule has 2 atom stereocenters. The third-order valence-corrected chi connectivity index (χ3v) is 11.9. The summed E-state index contributed by atoms with van der Waals surface area (Å²) in [5, 5.41) is 4.03. The second-order valence-electron chi connectivity index (χ2n) is 13.6. The van der Waals surface area contributed by atoms with Gasteiger partial charge in [0, 0.05) is 33.6 Å². The van der Waals surface area contributed by atoms with Crippen molar-refractivity contribution in [3.63, 3.8) is 0 Å². The maximum Gasteiger partial charge on any atom is 0.343 e. The van der Waals surface area contributed by atoms with E-state index < -0.39 is 22.8 Å². The average molecular weight is 683 g/mol. The Morgan fingerprint density at radius 3 is 2.06 bits per heavy atom. The molecule has 4 heterocycles. The minimum absolute atomic E-state index is 0.0106. The molecule has 0 bridgehead atoms. The van der Waals surface area contributed by atoms with Crippen LogP contribution in [-0.2, 0) is 16.6 Å². The number of nitrogens with zero attached hydrogens (tertiary/aromatic N) is 1. The molecule has 1 aliphatic carbocycles. The van der Waals surface area contributed by atoms with E-state index in [-0.39, 0.29) is 30.2 Å². The van der Waals surface area contributed by atoms with E-state index in [2.05, 4.69) is 109 Å². The zero-order valence-corrected chi connectivity index (χ0v) is 29.2. The molecule has 6 aromatic rings. The Kier molecular flexibility index (Phi) is 8.28. The molecule has 8 rings (SSSR count). The highest BCUT2D eigenvalue weighted by Gasteiger charge is 2.46. The van der Waals surface area contributed by atoms with Gasteiger partial charge in [0.1, 0.15) is 11.4 Å². The molecular formula is C43H39FN2O3S. The molecule has 0 saturated heterocycles. The number of ether oxygens (including phenoxy) is 1. The van der Waals surface area contributed by atoms with Crippen LogP contribution in [0.2, 0.25) is 0 Å². The molecule has 3 aromatic heterocycles. The second-order valence-corrected chi connectivity index (χ2v) is 14.6. The lowest BCUT2D eigenvalue weighted by Crippen LogP contribution is -2.53. The zero-order valence-electron chi connectivity index (χ0n) is 28.4. The number of nitrogens with one attached hydrogen (secondary N) is 1. The van der Waals surface area contributed by atoms with E-state index in [1.54, 1.807) is 24.3 Å². The van der Waals surface area contributed by atoms with Gasteiger partial charge in [-0.1, -0.05) is 91.0 Å². The van der Waals surface area contributed by atoms with E-state index in [0.717, 1.165) is 29.7 Å². The summed E-state index contributed by atoms with van der Waals surface area (Å²) in [5.74, 6) is -0.933. The number of fused-ring (bicyclic) bond motifs is 2. The molecule has 1 N–H and O–H groups in total. The van der Waals surface area contributed by atoms with E-state index in [1.807, 2.05) is 6.92 Å². The number of pyridine rings is 2. The van der Waals surface area contributed by atoms with Gasteiger partial charge in [-0.25, -0.2) is 9.18 Å². The molecule has 0 amide bonds. The van der Waals surface area contributed by atoms with Crippen LogP contribution in [0.4, 0.5) is 4.39 Å². The molecule has 252 valence electrons. The SMILES string of the molecule is CCOC(=O)c1cc(C2CC2)c2c(C)c(-c3cc4c(s3)C(C)NC(C(c3ccccc3)(c3ccccc3)c3ccccc3)C4)c(F)cn2c1=O. The van der Waals surface area contributed by atoms with Gasteiger partial charge in [-0.2, -0.15) is 0 Å². The van der Waals surface area contributed by atoms with Crippen LogP contribution in [0.1, 0.15) is 87.3 Å². The van der Waals surface area contributed by atoms with Crippen molar-refractivity contribution in [2.24, 2.45) is 0 Å². The number of halogens is 1. The fourth-order valence-corrected chi connectivity index (χ4v) is 9.56. The number of aryl methyl sites for hydroxylation is 1. The third-order valence-electron chi connectivity index (χ3n) is 10.6. The van der Waals surface area contributed by atoms with Gasteiger partial charge >= 0.3 is 5.97 Å². The molecule has 50 heavy (non-hydrogen) atoms. The summed E-state index contributed by atoms with van der Waals surface area (Å²) in [6.07, 6.45) is 3.93. The molecular weight excluding hydrogens is 644 g/mol. The number of esters is 1. The van der Waals surface area contributed by atoms with Crippen molar-refractivity contribution < 1.29 is 13.9 Å². The molecule has 0 spiro atoms. The first-order chi connectivity index (χ1) is 24.3. The monoisotopic (exact) mass is 682 g/mol. The van der Waals surface area contributed by atoms with Crippen molar-refractivity contribution in [3.8, 4) is 10.4 Å². The number of benzene rings is 3. The summed E-state index contributed by atoms with van der Waals surface area (Å²) in [4.78, 5) is 28.3. The lowest BCUT2D eigenvalue weighted by Gasteiger charge is -2.46.